The zero-order chi connectivity index (χ0) is 17.3. The fourth-order valence-corrected chi connectivity index (χ4v) is 3.72. The first-order valence-corrected chi connectivity index (χ1v) is 8.20. The van der Waals surface area contributed by atoms with Gasteiger partial charge in [0, 0.05) is 5.69 Å². The van der Waals surface area contributed by atoms with Crippen molar-refractivity contribution >= 4 is 44.7 Å². The SMILES string of the molecule is CCc1c(C#N)c(N)[nH+]c2sc(C(=O)Nc3ccccc3)c(N)c12. The summed E-state index contributed by atoms with van der Waals surface area (Å²) < 4.78 is 0. The van der Waals surface area contributed by atoms with Crippen LogP contribution in [0.3, 0.4) is 0 Å². The lowest BCUT2D eigenvalue weighted by molar-refractivity contribution is -0.323. The van der Waals surface area contributed by atoms with Crippen LogP contribution in [0.25, 0.3) is 10.2 Å². The topological polar surface area (TPSA) is 119 Å². The molecule has 0 unspecified atom stereocenters. The number of H-pyrrole nitrogens is 1. The van der Waals surface area contributed by atoms with Crippen molar-refractivity contribution in [1.82, 2.24) is 0 Å². The molecule has 0 aliphatic rings. The number of anilines is 3. The highest BCUT2D eigenvalue weighted by molar-refractivity contribution is 7.21. The summed E-state index contributed by atoms with van der Waals surface area (Å²) in [6, 6.07) is 11.3. The van der Waals surface area contributed by atoms with Crippen molar-refractivity contribution in [2.75, 3.05) is 16.8 Å². The normalized spacial score (nSPS) is 10.5. The number of hydrogen-bond acceptors (Lipinski definition) is 5. The number of nitrogens with two attached hydrogens (primary N) is 2. The van der Waals surface area contributed by atoms with Gasteiger partial charge in [-0.2, -0.15) is 5.26 Å². The Balaban J connectivity index is 2.12. The molecule has 120 valence electrons. The number of thiophene rings is 1. The Morgan fingerprint density at radius 2 is 2.04 bits per heavy atom. The lowest BCUT2D eigenvalue weighted by Gasteiger charge is -2.05. The van der Waals surface area contributed by atoms with E-state index in [1.165, 1.54) is 11.3 Å². The molecule has 0 fully saturated rings. The third-order valence-corrected chi connectivity index (χ3v) is 4.89. The number of aryl methyl sites for hydroxylation is 1. The van der Waals surface area contributed by atoms with Gasteiger partial charge in [0.2, 0.25) is 0 Å². The summed E-state index contributed by atoms with van der Waals surface area (Å²) in [7, 11) is 0. The molecule has 24 heavy (non-hydrogen) atoms. The van der Waals surface area contributed by atoms with Gasteiger partial charge in [-0.15, -0.1) is 0 Å². The van der Waals surface area contributed by atoms with Crippen LogP contribution in [0.15, 0.2) is 30.3 Å². The molecule has 3 aromatic rings. The van der Waals surface area contributed by atoms with Gasteiger partial charge < -0.3 is 11.1 Å². The minimum absolute atomic E-state index is 0.285. The zero-order valence-electron chi connectivity index (χ0n) is 13.0. The number of hydrogen-bond donors (Lipinski definition) is 3. The molecule has 6 N–H and O–H groups in total. The maximum Gasteiger partial charge on any atom is 0.289 e. The van der Waals surface area contributed by atoms with E-state index in [0.717, 1.165) is 5.56 Å². The van der Waals surface area contributed by atoms with Crippen molar-refractivity contribution in [3.8, 4) is 6.07 Å². The molecule has 1 aromatic carbocycles. The molecule has 0 atom stereocenters. The van der Waals surface area contributed by atoms with E-state index >= 15 is 0 Å². The Hall–Kier alpha value is -3.11. The third-order valence-electron chi connectivity index (χ3n) is 3.77. The van der Waals surface area contributed by atoms with Crippen molar-refractivity contribution in [2.24, 2.45) is 0 Å². The van der Waals surface area contributed by atoms with Crippen LogP contribution in [0.5, 0.6) is 0 Å². The molecule has 0 aliphatic heterocycles. The Morgan fingerprint density at radius 3 is 2.67 bits per heavy atom. The molecule has 0 aliphatic carbocycles. The van der Waals surface area contributed by atoms with E-state index in [1.54, 1.807) is 12.1 Å². The molecular weight excluding hydrogens is 322 g/mol. The first-order chi connectivity index (χ1) is 11.6. The van der Waals surface area contributed by atoms with Gasteiger partial charge in [0.15, 0.2) is 4.83 Å². The van der Waals surface area contributed by atoms with Crippen molar-refractivity contribution in [3.05, 3.63) is 46.3 Å². The van der Waals surface area contributed by atoms with Crippen molar-refractivity contribution < 1.29 is 9.78 Å². The van der Waals surface area contributed by atoms with Crippen LogP contribution in [0.2, 0.25) is 0 Å². The van der Waals surface area contributed by atoms with Gasteiger partial charge in [-0.05, 0) is 24.1 Å². The maximum absolute atomic E-state index is 12.6. The first kappa shape index (κ1) is 15.8. The van der Waals surface area contributed by atoms with Gasteiger partial charge in [-0.25, -0.2) is 4.98 Å². The predicted molar refractivity (Wildman–Crippen MR) is 95.7 cm³/mol. The van der Waals surface area contributed by atoms with Crippen molar-refractivity contribution in [2.45, 2.75) is 13.3 Å². The number of pyridine rings is 1. The Morgan fingerprint density at radius 1 is 1.33 bits per heavy atom. The van der Waals surface area contributed by atoms with Crippen LogP contribution >= 0.6 is 11.3 Å². The van der Waals surface area contributed by atoms with E-state index in [4.69, 9.17) is 11.5 Å². The molecule has 6 nitrogen and oxygen atoms in total. The minimum Gasteiger partial charge on any atom is -0.397 e. The average molecular weight is 338 g/mol. The van der Waals surface area contributed by atoms with Crippen LogP contribution < -0.4 is 21.8 Å². The Bertz CT molecular complexity index is 972. The number of nitrogens with zero attached hydrogens (tertiary/aromatic N) is 1. The monoisotopic (exact) mass is 338 g/mol. The molecule has 0 radical (unpaired) electrons. The number of nitrogen functional groups attached to an aromatic ring is 2. The van der Waals surface area contributed by atoms with Crippen LogP contribution in [0.4, 0.5) is 17.2 Å². The second-order valence-electron chi connectivity index (χ2n) is 5.23. The average Bonchev–Trinajstić information content (AvgIpc) is 2.91. The van der Waals surface area contributed by atoms with E-state index in [2.05, 4.69) is 16.4 Å². The number of nitriles is 1. The molecule has 0 bridgehead atoms. The molecule has 0 saturated heterocycles. The fraction of sp³-hybridized carbons (Fsp3) is 0.118. The lowest BCUT2D eigenvalue weighted by atomic mass is 10.0. The lowest BCUT2D eigenvalue weighted by Crippen LogP contribution is -2.14. The summed E-state index contributed by atoms with van der Waals surface area (Å²) in [6.07, 6.45) is 0.596. The predicted octanol–water partition coefficient (Wildman–Crippen LogP) is 2.57. The number of aromatic amines is 1. The highest BCUT2D eigenvalue weighted by Gasteiger charge is 2.24. The number of benzene rings is 1. The van der Waals surface area contributed by atoms with Gasteiger partial charge in [-0.1, -0.05) is 36.5 Å². The number of nitrogens with one attached hydrogen (secondary N) is 2. The fourth-order valence-electron chi connectivity index (χ4n) is 2.66. The minimum atomic E-state index is -0.285. The standard InChI is InChI=1S/C17H15N5OS/c1-2-10-11(8-18)15(20)22-17-12(10)13(19)14(24-17)16(23)21-9-6-4-3-5-7-9/h3-7H,2,19H2,1H3,(H2,20,22)(H,21,23)/p+1. The van der Waals surface area contributed by atoms with E-state index in [9.17, 15) is 10.1 Å². The van der Waals surface area contributed by atoms with E-state index in [0.29, 0.717) is 38.5 Å². The zero-order valence-corrected chi connectivity index (χ0v) is 13.8. The van der Waals surface area contributed by atoms with Gasteiger partial charge in [0.05, 0.1) is 11.1 Å². The highest BCUT2D eigenvalue weighted by atomic mass is 32.1. The van der Waals surface area contributed by atoms with Gasteiger partial charge in [0.25, 0.3) is 11.7 Å². The van der Waals surface area contributed by atoms with Gasteiger partial charge >= 0.3 is 0 Å². The van der Waals surface area contributed by atoms with Crippen LogP contribution in [-0.2, 0) is 6.42 Å². The van der Waals surface area contributed by atoms with Gasteiger partial charge in [0.1, 0.15) is 16.5 Å². The Kier molecular flexibility index (Phi) is 4.06. The summed E-state index contributed by atoms with van der Waals surface area (Å²) in [5, 5.41) is 12.8. The van der Waals surface area contributed by atoms with Crippen LogP contribution in [0, 0.1) is 11.3 Å². The summed E-state index contributed by atoms with van der Waals surface area (Å²) in [5.41, 5.74) is 14.3. The Labute approximate surface area is 142 Å². The molecule has 3 rings (SSSR count). The molecule has 7 heteroatoms. The van der Waals surface area contributed by atoms with Crippen LogP contribution in [0.1, 0.15) is 27.7 Å². The number of carbonyl (C=O) groups excluding carboxylic acids is 1. The molecule has 2 heterocycles. The molecular formula is C17H16N5OS+. The maximum atomic E-state index is 12.6. The highest BCUT2D eigenvalue weighted by Crippen LogP contribution is 2.36. The van der Waals surface area contributed by atoms with E-state index in [1.807, 2.05) is 25.1 Å². The van der Waals surface area contributed by atoms with Crippen LogP contribution in [-0.4, -0.2) is 5.91 Å². The summed E-state index contributed by atoms with van der Waals surface area (Å²) >= 11 is 1.23. The summed E-state index contributed by atoms with van der Waals surface area (Å²) in [6.45, 7) is 1.93. The number of fused-ring (bicyclic) bond motifs is 1. The second kappa shape index (κ2) is 6.18. The van der Waals surface area contributed by atoms with Crippen molar-refractivity contribution in [3.63, 3.8) is 0 Å². The number of amides is 1. The number of carbonyl (C=O) groups is 1. The molecule has 0 saturated carbocycles. The van der Waals surface area contributed by atoms with Crippen molar-refractivity contribution in [1.29, 1.82) is 5.26 Å². The van der Waals surface area contributed by atoms with Gasteiger partial charge in [-0.3, -0.25) is 10.5 Å². The molecule has 1 amide bonds. The smallest absolute Gasteiger partial charge is 0.289 e. The summed E-state index contributed by atoms with van der Waals surface area (Å²) in [4.78, 5) is 16.6. The number of aromatic nitrogens is 1. The second-order valence-corrected chi connectivity index (χ2v) is 6.25. The largest absolute Gasteiger partial charge is 0.397 e. The number of rotatable bonds is 3. The number of para-hydroxylation sites is 1. The molecule has 0 spiro atoms. The first-order valence-electron chi connectivity index (χ1n) is 7.38. The van der Waals surface area contributed by atoms with E-state index in [-0.39, 0.29) is 11.7 Å². The van der Waals surface area contributed by atoms with E-state index < -0.39 is 0 Å². The third kappa shape index (κ3) is 2.53. The quantitative estimate of drug-likeness (QED) is 0.680. The molecule has 2 aromatic heterocycles. The summed E-state index contributed by atoms with van der Waals surface area (Å²) in [5.74, 6) is 0.00514.